The number of fused-ring (bicyclic) bond motifs is 1. The number of nitrogens with one attached hydrogen (secondary N) is 2. The van der Waals surface area contributed by atoms with Gasteiger partial charge in [-0.05, 0) is 24.3 Å². The Morgan fingerprint density at radius 3 is 2.72 bits per heavy atom. The predicted molar refractivity (Wildman–Crippen MR) is 95.4 cm³/mol. The Bertz CT molecular complexity index is 990. The third-order valence-corrected chi connectivity index (χ3v) is 4.92. The molecule has 1 amide bonds. The Morgan fingerprint density at radius 2 is 2.08 bits per heavy atom. The van der Waals surface area contributed by atoms with Crippen LogP contribution in [0.15, 0.2) is 46.7 Å². The fourth-order valence-corrected chi connectivity index (χ4v) is 3.28. The van der Waals surface area contributed by atoms with Crippen LogP contribution in [0.25, 0.3) is 0 Å². The quantitative estimate of drug-likeness (QED) is 0.739. The van der Waals surface area contributed by atoms with Crippen LogP contribution in [0, 0.1) is 0 Å². The maximum Gasteiger partial charge on any atom is 0.267 e. The number of carbonyl (C=O) groups is 1. The van der Waals surface area contributed by atoms with Crippen molar-refractivity contribution in [2.45, 2.75) is 10.9 Å². The summed E-state index contributed by atoms with van der Waals surface area (Å²) in [6.07, 6.45) is 4.10. The summed E-state index contributed by atoms with van der Waals surface area (Å²) in [5.41, 5.74) is 9.75. The van der Waals surface area contributed by atoms with Gasteiger partial charge in [-0.15, -0.1) is 0 Å². The van der Waals surface area contributed by atoms with Crippen molar-refractivity contribution in [1.82, 2.24) is 4.98 Å². The zero-order valence-corrected chi connectivity index (χ0v) is 14.6. The Balaban J connectivity index is 2.10. The van der Waals surface area contributed by atoms with E-state index in [2.05, 4.69) is 20.8 Å². The van der Waals surface area contributed by atoms with Gasteiger partial charge in [-0.3, -0.25) is 15.2 Å². The van der Waals surface area contributed by atoms with E-state index >= 15 is 0 Å². The van der Waals surface area contributed by atoms with Gasteiger partial charge < -0.3 is 11.1 Å². The first-order chi connectivity index (χ1) is 11.8. The molecule has 0 radical (unpaired) electrons. The lowest BCUT2D eigenvalue weighted by molar-refractivity contribution is -0.112. The summed E-state index contributed by atoms with van der Waals surface area (Å²) in [5, 5.41) is 7.47. The molecule has 0 spiro atoms. The van der Waals surface area contributed by atoms with Crippen molar-refractivity contribution in [3.63, 3.8) is 0 Å². The van der Waals surface area contributed by atoms with Gasteiger partial charge in [-0.1, -0.05) is 11.6 Å². The van der Waals surface area contributed by atoms with Crippen LogP contribution in [0.2, 0.25) is 5.02 Å². The zero-order valence-electron chi connectivity index (χ0n) is 13.0. The molecule has 1 aromatic carbocycles. The molecule has 0 bridgehead atoms. The van der Waals surface area contributed by atoms with Gasteiger partial charge in [0, 0.05) is 18.0 Å². The van der Waals surface area contributed by atoms with Crippen molar-refractivity contribution in [2.75, 3.05) is 17.0 Å². The molecule has 130 valence electrons. The fraction of sp³-hybridized carbons (Fsp3) is 0.133. The summed E-state index contributed by atoms with van der Waals surface area (Å²) in [6, 6.07) is 5.39. The Hall–Kier alpha value is -2.65. The molecule has 1 unspecified atom stereocenters. The molecular formula is C15H14ClN5O3S. The van der Waals surface area contributed by atoms with Crippen LogP contribution in [0.3, 0.4) is 0 Å². The van der Waals surface area contributed by atoms with Crippen LogP contribution in [-0.4, -0.2) is 31.3 Å². The monoisotopic (exact) mass is 379 g/mol. The molecule has 8 nitrogen and oxygen atoms in total. The van der Waals surface area contributed by atoms with Gasteiger partial charge in [0.25, 0.3) is 5.91 Å². The van der Waals surface area contributed by atoms with Gasteiger partial charge >= 0.3 is 0 Å². The second kappa shape index (κ2) is 6.34. The van der Waals surface area contributed by atoms with Gasteiger partial charge in [0.1, 0.15) is 6.04 Å². The van der Waals surface area contributed by atoms with E-state index in [9.17, 15) is 13.2 Å². The van der Waals surface area contributed by atoms with E-state index in [0.717, 1.165) is 6.26 Å². The van der Waals surface area contributed by atoms with Gasteiger partial charge in [-0.2, -0.15) is 5.10 Å². The molecule has 1 atom stereocenters. The normalized spacial score (nSPS) is 16.4. The lowest BCUT2D eigenvalue weighted by Crippen LogP contribution is -2.36. The van der Waals surface area contributed by atoms with E-state index in [1.54, 1.807) is 12.1 Å². The van der Waals surface area contributed by atoms with E-state index in [-0.39, 0.29) is 10.6 Å². The predicted octanol–water partition coefficient (Wildman–Crippen LogP) is 1.56. The maximum absolute atomic E-state index is 11.9. The molecule has 2 aromatic rings. The number of hydrazone groups is 1. The first-order valence-corrected chi connectivity index (χ1v) is 9.37. The number of carbonyl (C=O) groups excluding carboxylic acids is 1. The molecular weight excluding hydrogens is 366 g/mol. The molecule has 0 aliphatic carbocycles. The van der Waals surface area contributed by atoms with Crippen molar-refractivity contribution in [2.24, 2.45) is 10.8 Å². The van der Waals surface area contributed by atoms with Crippen LogP contribution in [-0.2, 0) is 14.6 Å². The third kappa shape index (κ3) is 3.57. The van der Waals surface area contributed by atoms with Crippen LogP contribution in [0.1, 0.15) is 11.6 Å². The average molecular weight is 380 g/mol. The highest BCUT2D eigenvalue weighted by molar-refractivity contribution is 7.90. The molecule has 4 N–H and O–H groups in total. The van der Waals surface area contributed by atoms with Gasteiger partial charge in [-0.25, -0.2) is 8.42 Å². The Labute approximate surface area is 149 Å². The third-order valence-electron chi connectivity index (χ3n) is 3.60. The number of anilines is 2. The van der Waals surface area contributed by atoms with Gasteiger partial charge in [0.05, 0.1) is 27.5 Å². The van der Waals surface area contributed by atoms with Crippen LogP contribution < -0.4 is 16.5 Å². The number of pyridine rings is 1. The van der Waals surface area contributed by atoms with E-state index < -0.39 is 21.8 Å². The average Bonchev–Trinajstić information content (AvgIpc) is 2.53. The highest BCUT2D eigenvalue weighted by Crippen LogP contribution is 2.33. The largest absolute Gasteiger partial charge is 0.371 e. The molecule has 25 heavy (non-hydrogen) atoms. The Kier molecular flexibility index (Phi) is 4.36. The second-order valence-electron chi connectivity index (χ2n) is 5.46. The van der Waals surface area contributed by atoms with Gasteiger partial charge in [0.2, 0.25) is 0 Å². The summed E-state index contributed by atoms with van der Waals surface area (Å²) in [4.78, 5) is 15.9. The minimum atomic E-state index is -3.42. The molecule has 1 aliphatic heterocycles. The first kappa shape index (κ1) is 17.2. The number of halogens is 1. The molecule has 10 heteroatoms. The SMILES string of the molecule is CS(=O)(=O)c1ccc2c(c1)C(Nc1cncc(Cl)c1)C(C(N)=O)=NN2. The lowest BCUT2D eigenvalue weighted by Gasteiger charge is -2.27. The molecule has 0 fully saturated rings. The summed E-state index contributed by atoms with van der Waals surface area (Å²) in [6.45, 7) is 0. The van der Waals surface area contributed by atoms with Crippen molar-refractivity contribution >= 4 is 44.4 Å². The second-order valence-corrected chi connectivity index (χ2v) is 7.92. The molecule has 0 saturated heterocycles. The number of sulfone groups is 1. The highest BCUT2D eigenvalue weighted by Gasteiger charge is 2.30. The molecule has 2 heterocycles. The first-order valence-electron chi connectivity index (χ1n) is 7.10. The molecule has 0 saturated carbocycles. The number of benzene rings is 1. The van der Waals surface area contributed by atoms with Crippen LogP contribution in [0.5, 0.6) is 0 Å². The van der Waals surface area contributed by atoms with E-state index in [1.807, 2.05) is 0 Å². The number of nitrogens with zero attached hydrogens (tertiary/aromatic N) is 2. The van der Waals surface area contributed by atoms with Crippen molar-refractivity contribution in [3.8, 4) is 0 Å². The number of hydrogen-bond acceptors (Lipinski definition) is 7. The van der Waals surface area contributed by atoms with E-state index in [4.69, 9.17) is 17.3 Å². The van der Waals surface area contributed by atoms with Crippen LogP contribution in [0.4, 0.5) is 11.4 Å². The molecule has 3 rings (SSSR count). The van der Waals surface area contributed by atoms with Gasteiger partial charge in [0.15, 0.2) is 15.5 Å². The number of nitrogens with two attached hydrogens (primary N) is 1. The summed E-state index contributed by atoms with van der Waals surface area (Å²) >= 11 is 5.93. The van der Waals surface area contributed by atoms with Crippen molar-refractivity contribution in [1.29, 1.82) is 0 Å². The number of amides is 1. The lowest BCUT2D eigenvalue weighted by atomic mass is 9.98. The minimum absolute atomic E-state index is 0.0122. The number of primary amides is 1. The standard InChI is InChI=1S/C15H14ClN5O3S/c1-25(23,24)10-2-3-12-11(5-10)13(14(15(17)22)21-20-12)19-9-4-8(16)6-18-7-9/h2-7,13,19-20H,1H3,(H2,17,22). The van der Waals surface area contributed by atoms with Crippen molar-refractivity contribution in [3.05, 3.63) is 47.2 Å². The minimum Gasteiger partial charge on any atom is -0.371 e. The smallest absolute Gasteiger partial charge is 0.267 e. The maximum atomic E-state index is 11.9. The Morgan fingerprint density at radius 1 is 1.32 bits per heavy atom. The zero-order chi connectivity index (χ0) is 18.2. The summed E-state index contributed by atoms with van der Waals surface area (Å²) in [5.74, 6) is -0.740. The van der Waals surface area contributed by atoms with Crippen LogP contribution >= 0.6 is 11.6 Å². The van der Waals surface area contributed by atoms with E-state index in [0.29, 0.717) is 22.0 Å². The summed E-state index contributed by atoms with van der Waals surface area (Å²) < 4.78 is 23.7. The highest BCUT2D eigenvalue weighted by atomic mass is 35.5. The number of hydrogen-bond donors (Lipinski definition) is 3. The summed E-state index contributed by atoms with van der Waals surface area (Å²) in [7, 11) is -3.42. The molecule has 1 aliphatic rings. The topological polar surface area (TPSA) is 127 Å². The molecule has 1 aromatic heterocycles. The van der Waals surface area contributed by atoms with E-state index in [1.165, 1.54) is 24.5 Å². The van der Waals surface area contributed by atoms with Crippen molar-refractivity contribution < 1.29 is 13.2 Å². The fourth-order valence-electron chi connectivity index (χ4n) is 2.45. The number of aromatic nitrogens is 1. The number of rotatable bonds is 4.